The first-order chi connectivity index (χ1) is 5.59. The third-order valence-electron chi connectivity index (χ3n) is 1.77. The van der Waals surface area contributed by atoms with Gasteiger partial charge in [-0.2, -0.15) is 0 Å². The van der Waals surface area contributed by atoms with Gasteiger partial charge in [0.05, 0.1) is 0 Å². The van der Waals surface area contributed by atoms with E-state index < -0.39 is 0 Å². The summed E-state index contributed by atoms with van der Waals surface area (Å²) in [6.45, 7) is 3.45. The maximum Gasteiger partial charge on any atom is 0.134 e. The molecule has 0 saturated heterocycles. The van der Waals surface area contributed by atoms with Crippen molar-refractivity contribution in [3.8, 4) is 5.75 Å². The highest BCUT2D eigenvalue weighted by Gasteiger charge is 2.01. The predicted molar refractivity (Wildman–Crippen MR) is 47.2 cm³/mol. The summed E-state index contributed by atoms with van der Waals surface area (Å²) in [5, 5.41) is 9.09. The summed E-state index contributed by atoms with van der Waals surface area (Å²) in [6, 6.07) is 5.05. The molecule has 64 valence electrons. The second kappa shape index (κ2) is 3.39. The molecule has 12 heavy (non-hydrogen) atoms. The number of carbonyl (C=O) groups excluding carboxylic acids is 1. The number of phenolic OH excluding ortho intramolecular Hbond substituents is 1. The lowest BCUT2D eigenvalue weighted by Crippen LogP contribution is -1.97. The molecule has 0 saturated carbocycles. The molecule has 0 aromatic heterocycles. The SMILES string of the molecule is CC(=O)Cc1ccc(O)cc1C. The van der Waals surface area contributed by atoms with E-state index in [1.54, 1.807) is 25.1 Å². The molecule has 2 nitrogen and oxygen atoms in total. The number of phenols is 1. The normalized spacial score (nSPS) is 9.83. The average Bonchev–Trinajstić information content (AvgIpc) is 1.94. The van der Waals surface area contributed by atoms with E-state index in [4.69, 9.17) is 5.11 Å². The van der Waals surface area contributed by atoms with Gasteiger partial charge < -0.3 is 5.11 Å². The van der Waals surface area contributed by atoms with Gasteiger partial charge in [0.1, 0.15) is 11.5 Å². The highest BCUT2D eigenvalue weighted by molar-refractivity contribution is 5.78. The first kappa shape index (κ1) is 8.78. The number of aryl methyl sites for hydroxylation is 1. The third kappa shape index (κ3) is 2.09. The van der Waals surface area contributed by atoms with E-state index in [2.05, 4.69) is 0 Å². The van der Waals surface area contributed by atoms with Gasteiger partial charge in [-0.1, -0.05) is 6.07 Å². The van der Waals surface area contributed by atoms with E-state index in [0.717, 1.165) is 11.1 Å². The predicted octanol–water partition coefficient (Wildman–Crippen LogP) is 1.83. The van der Waals surface area contributed by atoms with E-state index >= 15 is 0 Å². The molecule has 0 atom stereocenters. The van der Waals surface area contributed by atoms with Crippen LogP contribution in [0, 0.1) is 6.92 Å². The van der Waals surface area contributed by atoms with Crippen molar-refractivity contribution in [3.63, 3.8) is 0 Å². The van der Waals surface area contributed by atoms with Gasteiger partial charge in [0, 0.05) is 6.42 Å². The third-order valence-corrected chi connectivity index (χ3v) is 1.77. The molecule has 0 aliphatic rings. The van der Waals surface area contributed by atoms with Crippen molar-refractivity contribution in [1.82, 2.24) is 0 Å². The van der Waals surface area contributed by atoms with Crippen molar-refractivity contribution >= 4 is 5.78 Å². The minimum atomic E-state index is 0.142. The molecule has 1 aromatic carbocycles. The minimum Gasteiger partial charge on any atom is -0.508 e. The number of aromatic hydroxyl groups is 1. The molecule has 0 aliphatic carbocycles. The summed E-state index contributed by atoms with van der Waals surface area (Å²) in [7, 11) is 0. The van der Waals surface area contributed by atoms with E-state index in [1.165, 1.54) is 0 Å². The van der Waals surface area contributed by atoms with Crippen molar-refractivity contribution in [2.75, 3.05) is 0 Å². The summed E-state index contributed by atoms with van der Waals surface area (Å²) in [5.41, 5.74) is 1.95. The largest absolute Gasteiger partial charge is 0.508 e. The van der Waals surface area contributed by atoms with Gasteiger partial charge in [-0.25, -0.2) is 0 Å². The Morgan fingerprint density at radius 1 is 1.50 bits per heavy atom. The zero-order chi connectivity index (χ0) is 9.14. The second-order valence-corrected chi connectivity index (χ2v) is 2.99. The molecule has 0 spiro atoms. The van der Waals surface area contributed by atoms with Crippen LogP contribution in [0.5, 0.6) is 5.75 Å². The Balaban J connectivity index is 2.93. The lowest BCUT2D eigenvalue weighted by atomic mass is 10.0. The Hall–Kier alpha value is -1.31. The van der Waals surface area contributed by atoms with Crippen molar-refractivity contribution in [3.05, 3.63) is 29.3 Å². The Labute approximate surface area is 71.8 Å². The molecule has 0 bridgehead atoms. The minimum absolute atomic E-state index is 0.142. The van der Waals surface area contributed by atoms with Crippen LogP contribution in [0.2, 0.25) is 0 Å². The number of hydrogen-bond acceptors (Lipinski definition) is 2. The topological polar surface area (TPSA) is 37.3 Å². The van der Waals surface area contributed by atoms with Gasteiger partial charge in [0.25, 0.3) is 0 Å². The Morgan fingerprint density at radius 3 is 2.67 bits per heavy atom. The van der Waals surface area contributed by atoms with Crippen molar-refractivity contribution in [1.29, 1.82) is 0 Å². The molecule has 0 unspecified atom stereocenters. The standard InChI is InChI=1S/C10H12O2/c1-7-5-10(12)4-3-9(7)6-8(2)11/h3-5,12H,6H2,1-2H3. The highest BCUT2D eigenvalue weighted by Crippen LogP contribution is 2.15. The Bertz CT molecular complexity index is 303. The molecule has 1 rings (SSSR count). The van der Waals surface area contributed by atoms with Crippen LogP contribution in [-0.2, 0) is 11.2 Å². The second-order valence-electron chi connectivity index (χ2n) is 2.99. The van der Waals surface area contributed by atoms with Crippen LogP contribution in [0.25, 0.3) is 0 Å². The molecule has 1 N–H and O–H groups in total. The maximum atomic E-state index is 10.8. The van der Waals surface area contributed by atoms with E-state index in [-0.39, 0.29) is 11.5 Å². The number of benzene rings is 1. The molecule has 1 aromatic rings. The van der Waals surface area contributed by atoms with Crippen LogP contribution in [0.1, 0.15) is 18.1 Å². The molecule has 0 heterocycles. The van der Waals surface area contributed by atoms with Crippen molar-refractivity contribution < 1.29 is 9.90 Å². The summed E-state index contributed by atoms with van der Waals surface area (Å²) in [5.74, 6) is 0.392. The summed E-state index contributed by atoms with van der Waals surface area (Å²) < 4.78 is 0. The highest BCUT2D eigenvalue weighted by atomic mass is 16.3. The van der Waals surface area contributed by atoms with Crippen LogP contribution in [-0.4, -0.2) is 10.9 Å². The number of ketones is 1. The van der Waals surface area contributed by atoms with Gasteiger partial charge in [-0.05, 0) is 37.1 Å². The molecule has 0 fully saturated rings. The molecular weight excluding hydrogens is 152 g/mol. The Morgan fingerprint density at radius 2 is 2.17 bits per heavy atom. The van der Waals surface area contributed by atoms with Crippen LogP contribution < -0.4 is 0 Å². The lowest BCUT2D eigenvalue weighted by molar-refractivity contribution is -0.116. The van der Waals surface area contributed by atoms with Gasteiger partial charge >= 0.3 is 0 Å². The molecule has 2 heteroatoms. The smallest absolute Gasteiger partial charge is 0.134 e. The number of rotatable bonds is 2. The van der Waals surface area contributed by atoms with E-state index in [0.29, 0.717) is 6.42 Å². The lowest BCUT2D eigenvalue weighted by Gasteiger charge is -2.02. The van der Waals surface area contributed by atoms with Crippen LogP contribution in [0.3, 0.4) is 0 Å². The van der Waals surface area contributed by atoms with Gasteiger partial charge in [0.2, 0.25) is 0 Å². The van der Waals surface area contributed by atoms with Crippen LogP contribution >= 0.6 is 0 Å². The van der Waals surface area contributed by atoms with Gasteiger partial charge in [0.15, 0.2) is 0 Å². The quantitative estimate of drug-likeness (QED) is 0.724. The zero-order valence-electron chi connectivity index (χ0n) is 7.29. The molecule has 0 amide bonds. The zero-order valence-corrected chi connectivity index (χ0v) is 7.29. The van der Waals surface area contributed by atoms with Crippen LogP contribution in [0.4, 0.5) is 0 Å². The summed E-state index contributed by atoms with van der Waals surface area (Å²) in [4.78, 5) is 10.8. The van der Waals surface area contributed by atoms with Gasteiger partial charge in [-0.15, -0.1) is 0 Å². The van der Waals surface area contributed by atoms with Crippen LogP contribution in [0.15, 0.2) is 18.2 Å². The van der Waals surface area contributed by atoms with Crippen molar-refractivity contribution in [2.45, 2.75) is 20.3 Å². The summed E-state index contributed by atoms with van der Waals surface area (Å²) in [6.07, 6.45) is 0.451. The monoisotopic (exact) mass is 164 g/mol. The molecule has 0 aliphatic heterocycles. The molecular formula is C10H12O2. The fourth-order valence-corrected chi connectivity index (χ4v) is 1.15. The fourth-order valence-electron chi connectivity index (χ4n) is 1.15. The maximum absolute atomic E-state index is 10.8. The number of Topliss-reactive ketones (excluding diaryl/α,β-unsaturated/α-hetero) is 1. The van der Waals surface area contributed by atoms with Gasteiger partial charge in [-0.3, -0.25) is 4.79 Å². The first-order valence-corrected chi connectivity index (χ1v) is 3.87. The number of carbonyl (C=O) groups is 1. The fraction of sp³-hybridized carbons (Fsp3) is 0.300. The van der Waals surface area contributed by atoms with Crippen molar-refractivity contribution in [2.24, 2.45) is 0 Å². The number of hydrogen-bond donors (Lipinski definition) is 1. The Kier molecular flexibility index (Phi) is 2.48. The van der Waals surface area contributed by atoms with E-state index in [1.807, 2.05) is 6.92 Å². The average molecular weight is 164 g/mol. The summed E-state index contributed by atoms with van der Waals surface area (Å²) >= 11 is 0. The first-order valence-electron chi connectivity index (χ1n) is 3.87. The molecule has 0 radical (unpaired) electrons. The van der Waals surface area contributed by atoms with E-state index in [9.17, 15) is 4.79 Å².